The Morgan fingerprint density at radius 1 is 0.489 bits per heavy atom. The minimum Gasteiger partial charge on any atom is -0.461 e. The van der Waals surface area contributed by atoms with Crippen LogP contribution in [0.2, 0.25) is 0 Å². The summed E-state index contributed by atoms with van der Waals surface area (Å²) in [7, 11) is 0. The van der Waals surface area contributed by atoms with E-state index >= 15 is 0 Å². The van der Waals surface area contributed by atoms with Gasteiger partial charge in [0.2, 0.25) is 0 Å². The van der Waals surface area contributed by atoms with Crippen molar-refractivity contribution >= 4 is 62.1 Å². The largest absolute Gasteiger partial charge is 0.461 e. The van der Waals surface area contributed by atoms with Crippen LogP contribution in [0.3, 0.4) is 0 Å². The summed E-state index contributed by atoms with van der Waals surface area (Å²) in [6.07, 6.45) is 16.3. The van der Waals surface area contributed by atoms with Gasteiger partial charge in [0, 0.05) is 82.7 Å². The van der Waals surface area contributed by atoms with E-state index in [1.807, 2.05) is 0 Å². The highest BCUT2D eigenvalue weighted by Gasteiger charge is 2.35. The molecule has 92 heavy (non-hydrogen) atoms. The number of H-pyrrole nitrogens is 4. The average molecular weight is 1260 g/mol. The lowest BCUT2D eigenvalue weighted by Crippen LogP contribution is -2.27. The molecule has 0 aliphatic heterocycles. The van der Waals surface area contributed by atoms with E-state index in [1.54, 1.807) is 19.9 Å². The number of aromatic nitrogens is 8. The lowest BCUT2D eigenvalue weighted by molar-refractivity contribution is 0.0510. The van der Waals surface area contributed by atoms with Gasteiger partial charge < -0.3 is 49.8 Å². The van der Waals surface area contributed by atoms with E-state index in [4.69, 9.17) is 29.4 Å². The first-order chi connectivity index (χ1) is 43.5. The summed E-state index contributed by atoms with van der Waals surface area (Å²) in [5.41, 5.74) is 25.2. The van der Waals surface area contributed by atoms with E-state index in [0.717, 1.165) is 154 Å². The van der Waals surface area contributed by atoms with Crippen molar-refractivity contribution in [2.45, 2.75) is 207 Å². The zero-order chi connectivity index (χ0) is 66.8. The van der Waals surface area contributed by atoms with Gasteiger partial charge in [-0.3, -0.25) is 19.9 Å². The van der Waals surface area contributed by atoms with Crippen molar-refractivity contribution in [3.05, 3.63) is 121 Å². The second-order valence-corrected chi connectivity index (χ2v) is 30.6. The summed E-state index contributed by atoms with van der Waals surface area (Å²) < 4.78 is 10.3. The van der Waals surface area contributed by atoms with E-state index < -0.39 is 0 Å². The van der Waals surface area contributed by atoms with Gasteiger partial charge in [-0.25, -0.2) is 9.59 Å². The van der Waals surface area contributed by atoms with Gasteiger partial charge >= 0.3 is 11.9 Å². The second-order valence-electron chi connectivity index (χ2n) is 30.6. The Morgan fingerprint density at radius 2 is 0.815 bits per heavy atom. The third kappa shape index (κ3) is 15.2. The zero-order valence-corrected chi connectivity index (χ0v) is 58.0. The number of fused-ring (bicyclic) bond motifs is 8. The molecule has 4 aliphatic carbocycles. The number of carbonyl (C=O) groups excluding carboxylic acids is 2. The number of nitrogens with one attached hydrogen (secondary N) is 4. The molecule has 4 aliphatic rings. The van der Waals surface area contributed by atoms with Gasteiger partial charge in [-0.15, -0.1) is 0 Å². The molecule has 0 aromatic carbocycles. The highest BCUT2D eigenvalue weighted by molar-refractivity contribution is 6.01. The summed E-state index contributed by atoms with van der Waals surface area (Å²) in [4.78, 5) is 57.0. The van der Waals surface area contributed by atoms with Gasteiger partial charge in [0.05, 0.1) is 64.0 Å². The number of aliphatic hydroxyl groups excluding tert-OH is 4. The fraction of sp³-hybridized carbons (Fsp3) is 0.579. The van der Waals surface area contributed by atoms with E-state index in [1.165, 1.54) is 52.0 Å². The van der Waals surface area contributed by atoms with E-state index in [0.29, 0.717) is 77.9 Å². The Balaban J connectivity index is 0.000000145. The number of aromatic amines is 4. The smallest absolute Gasteiger partial charge is 0.355 e. The number of aliphatic hydroxyl groups is 4. The molecule has 0 saturated heterocycles. The van der Waals surface area contributed by atoms with E-state index in [2.05, 4.69) is 141 Å². The molecule has 8 aromatic rings. The standard InChI is InChI=1S/C20H28N2O3.C20H26N2O2.C18H26N2O2.C18H26N2O/c1-5-25-19(24)18-14(8-9-23)17-16(22-18)11-12-10-13(20(2,3)4)6-7-15(12)21-17;1-6-14-17-16(22-18(14)19(23)24-7-2)11-12-10-13(20(3,4)5)8-9-15(12)21-17;1-18(2,3)12-4-5-14-11(8-12)9-15-17(20-14)13(6-7-21)16(10-22)19-15;1-11-14(7-8-21)17-16(19-11)10-12-9-13(18(2,3)4)5-6-15(12)20-17/h11,13,22-23H,5-10H2,1-4H3;6,11,13,22H,1,7-10H2,2-5H3;9,12,19,21-22H,4-8,10H2,1-3H3;10,13,19,21H,5-9H2,1-4H3. The van der Waals surface area contributed by atoms with Crippen LogP contribution in [-0.2, 0) is 86.7 Å². The summed E-state index contributed by atoms with van der Waals surface area (Å²) >= 11 is 0. The molecule has 8 N–H and O–H groups in total. The number of aryl methyl sites for hydroxylation is 5. The fourth-order valence-corrected chi connectivity index (χ4v) is 14.6. The van der Waals surface area contributed by atoms with Crippen molar-refractivity contribution in [2.75, 3.05) is 33.0 Å². The maximum atomic E-state index is 12.3. The zero-order valence-electron chi connectivity index (χ0n) is 58.0. The number of pyridine rings is 4. The molecule has 8 heterocycles. The van der Waals surface area contributed by atoms with E-state index in [-0.39, 0.29) is 43.8 Å². The molecule has 8 aromatic heterocycles. The number of hydrogen-bond donors (Lipinski definition) is 8. The lowest BCUT2D eigenvalue weighted by atomic mass is 9.71. The summed E-state index contributed by atoms with van der Waals surface area (Å²) in [5, 5.41) is 37.4. The second kappa shape index (κ2) is 28.5. The van der Waals surface area contributed by atoms with Crippen LogP contribution in [0.1, 0.15) is 222 Å². The normalized spacial score (nSPS) is 18.2. The topological polar surface area (TPSA) is 248 Å². The Bertz CT molecular complexity index is 3940. The number of esters is 2. The van der Waals surface area contributed by atoms with Crippen LogP contribution in [0.4, 0.5) is 0 Å². The fourth-order valence-electron chi connectivity index (χ4n) is 14.6. The van der Waals surface area contributed by atoms with Gasteiger partial charge in [-0.1, -0.05) is 95.7 Å². The summed E-state index contributed by atoms with van der Waals surface area (Å²) in [5.74, 6) is 1.98. The van der Waals surface area contributed by atoms with Gasteiger partial charge in [0.25, 0.3) is 0 Å². The minimum absolute atomic E-state index is 0.0236. The molecule has 16 heteroatoms. The van der Waals surface area contributed by atoms with E-state index in [9.17, 15) is 30.0 Å². The lowest BCUT2D eigenvalue weighted by Gasteiger charge is -2.34. The van der Waals surface area contributed by atoms with Gasteiger partial charge in [0.15, 0.2) is 0 Å². The van der Waals surface area contributed by atoms with Crippen molar-refractivity contribution < 1.29 is 39.5 Å². The first-order valence-electron chi connectivity index (χ1n) is 34.0. The van der Waals surface area contributed by atoms with Crippen molar-refractivity contribution in [2.24, 2.45) is 45.3 Å². The van der Waals surface area contributed by atoms with Crippen LogP contribution in [0.25, 0.3) is 50.2 Å². The van der Waals surface area contributed by atoms with Crippen molar-refractivity contribution in [1.82, 2.24) is 39.9 Å². The maximum absolute atomic E-state index is 12.3. The highest BCUT2D eigenvalue weighted by atomic mass is 16.5. The van der Waals surface area contributed by atoms with Gasteiger partial charge in [-0.2, -0.15) is 0 Å². The molecule has 498 valence electrons. The van der Waals surface area contributed by atoms with Crippen LogP contribution >= 0.6 is 0 Å². The third-order valence-corrected chi connectivity index (χ3v) is 20.5. The van der Waals surface area contributed by atoms with Gasteiger partial charge in [-0.05, 0) is 203 Å². The predicted molar refractivity (Wildman–Crippen MR) is 369 cm³/mol. The molecule has 12 rings (SSSR count). The van der Waals surface area contributed by atoms with Crippen LogP contribution < -0.4 is 0 Å². The maximum Gasteiger partial charge on any atom is 0.355 e. The molecule has 0 bridgehead atoms. The quantitative estimate of drug-likeness (QED) is 0.0532. The Labute approximate surface area is 545 Å². The van der Waals surface area contributed by atoms with Gasteiger partial charge in [0.1, 0.15) is 11.4 Å². The minimum atomic E-state index is -0.380. The first kappa shape index (κ1) is 69.6. The van der Waals surface area contributed by atoms with Crippen LogP contribution in [0.15, 0.2) is 30.8 Å². The molecule has 4 atom stereocenters. The third-order valence-electron chi connectivity index (χ3n) is 20.5. The van der Waals surface area contributed by atoms with Crippen molar-refractivity contribution in [3.8, 4) is 0 Å². The van der Waals surface area contributed by atoms with Crippen LogP contribution in [0.5, 0.6) is 0 Å². The monoisotopic (exact) mass is 1260 g/mol. The number of ether oxygens (including phenoxy) is 2. The van der Waals surface area contributed by atoms with Crippen LogP contribution in [0, 0.1) is 52.3 Å². The molecule has 4 unspecified atom stereocenters. The molecular weight excluding hydrogens is 1150 g/mol. The van der Waals surface area contributed by atoms with Crippen molar-refractivity contribution in [1.29, 1.82) is 0 Å². The summed E-state index contributed by atoms with van der Waals surface area (Å²) in [6.45, 7) is 38.1. The van der Waals surface area contributed by atoms with Crippen molar-refractivity contribution in [3.63, 3.8) is 0 Å². The number of nitrogens with zero attached hydrogens (tertiary/aromatic N) is 4. The molecular formula is C76H106N8O8. The molecule has 0 spiro atoms. The number of hydrogen-bond acceptors (Lipinski definition) is 12. The molecule has 0 fully saturated rings. The summed E-state index contributed by atoms with van der Waals surface area (Å²) in [6, 6.07) is 8.80. The SMILES string of the molecule is C=Cc1c(C(=O)OCC)[nH]c2cc3c(nc12)CCC(C(C)(C)C)C3.CC(C)(C)C1CCc2nc3c(CCO)c(CO)[nH]c3cc2C1.CCOC(=O)c1[nH]c2cc3c(nc2c1CCO)CCC(C(C)(C)C)C3.Cc1[nH]c2cc3c(nc2c1CCO)CCC(C(C)(C)C)C3. The molecule has 0 radical (unpaired) electrons. The number of carbonyl (C=O) groups is 2. The average Bonchev–Trinajstić information content (AvgIpc) is 1.58. The Kier molecular flexibility index (Phi) is 21.5. The Morgan fingerprint density at radius 3 is 1.20 bits per heavy atom. The number of rotatable bonds is 12. The Hall–Kier alpha value is -6.72. The highest BCUT2D eigenvalue weighted by Crippen LogP contribution is 2.43. The molecule has 0 saturated carbocycles. The molecule has 16 nitrogen and oxygen atoms in total. The molecule has 0 amide bonds. The van der Waals surface area contributed by atoms with Crippen LogP contribution in [-0.4, -0.2) is 105 Å². The first-order valence-corrected chi connectivity index (χ1v) is 34.0. The predicted octanol–water partition coefficient (Wildman–Crippen LogP) is 14.3.